The van der Waals surface area contributed by atoms with Crippen LogP contribution >= 0.6 is 0 Å². The Hall–Kier alpha value is -3.26. The maximum Gasteiger partial charge on any atom is 0.340 e. The molecule has 0 amide bonds. The summed E-state index contributed by atoms with van der Waals surface area (Å²) in [4.78, 5) is 24.9. The lowest BCUT2D eigenvalue weighted by Crippen LogP contribution is -2.19. The lowest BCUT2D eigenvalue weighted by atomic mass is 9.95. The van der Waals surface area contributed by atoms with Gasteiger partial charge in [-0.1, -0.05) is 0 Å². The van der Waals surface area contributed by atoms with Crippen LogP contribution in [0.15, 0.2) is 30.6 Å². The summed E-state index contributed by atoms with van der Waals surface area (Å²) < 4.78 is 10.3. The Morgan fingerprint density at radius 1 is 1.18 bits per heavy atom. The van der Waals surface area contributed by atoms with Crippen molar-refractivity contribution in [2.45, 2.75) is 25.9 Å². The van der Waals surface area contributed by atoms with E-state index in [1.54, 1.807) is 45.5 Å². The number of hydrogen-bond acceptors (Lipinski definition) is 8. The van der Waals surface area contributed by atoms with Gasteiger partial charge in [-0.25, -0.2) is 19.7 Å². The van der Waals surface area contributed by atoms with Crippen molar-refractivity contribution in [3.05, 3.63) is 47.4 Å². The number of nitrogens with zero attached hydrogens (tertiary/aromatic N) is 3. The number of hydrogen-bond donors (Lipinski definition) is 2. The van der Waals surface area contributed by atoms with Gasteiger partial charge < -0.3 is 19.9 Å². The molecule has 0 fully saturated rings. The number of carbonyl (C=O) groups is 1. The summed E-state index contributed by atoms with van der Waals surface area (Å²) in [5, 5.41) is 15.1. The molecule has 0 radical (unpaired) electrons. The molecule has 8 nitrogen and oxygen atoms in total. The number of esters is 1. The maximum atomic E-state index is 11.8. The van der Waals surface area contributed by atoms with Crippen molar-refractivity contribution >= 4 is 28.4 Å². The molecule has 0 bridgehead atoms. The van der Waals surface area contributed by atoms with Crippen LogP contribution in [0, 0.1) is 0 Å². The molecule has 0 saturated carbocycles. The molecule has 3 aromatic rings. The minimum absolute atomic E-state index is 0.332. The van der Waals surface area contributed by atoms with E-state index >= 15 is 0 Å². The van der Waals surface area contributed by atoms with Gasteiger partial charge in [-0.2, -0.15) is 0 Å². The van der Waals surface area contributed by atoms with Crippen molar-refractivity contribution in [3.8, 4) is 5.88 Å². The fraction of sp³-hybridized carbons (Fsp3) is 0.300. The number of cyclic esters (lactones) is 1. The zero-order valence-corrected chi connectivity index (χ0v) is 15.8. The lowest BCUT2D eigenvalue weighted by molar-refractivity contribution is 0.0477. The molecule has 0 unspecified atom stereocenters. The van der Waals surface area contributed by atoms with Gasteiger partial charge in [-0.3, -0.25) is 0 Å². The van der Waals surface area contributed by atoms with E-state index in [1.807, 2.05) is 6.07 Å². The third-order valence-corrected chi connectivity index (χ3v) is 4.61. The van der Waals surface area contributed by atoms with Gasteiger partial charge in [0.05, 0.1) is 36.0 Å². The molecular weight excluding hydrogens is 360 g/mol. The van der Waals surface area contributed by atoms with Crippen molar-refractivity contribution in [1.82, 2.24) is 15.0 Å². The fourth-order valence-electron chi connectivity index (χ4n) is 3.23. The second-order valence-corrected chi connectivity index (χ2v) is 7.06. The minimum atomic E-state index is -1.08. The summed E-state index contributed by atoms with van der Waals surface area (Å²) in [7, 11) is 1.54. The Balaban J connectivity index is 1.75. The molecule has 144 valence electrons. The fourth-order valence-corrected chi connectivity index (χ4v) is 3.23. The largest absolute Gasteiger partial charge is 0.481 e. The van der Waals surface area contributed by atoms with Gasteiger partial charge in [-0.15, -0.1) is 0 Å². The summed E-state index contributed by atoms with van der Waals surface area (Å²) in [5.74, 6) is 1.22. The highest BCUT2D eigenvalue weighted by Gasteiger charge is 2.23. The number of methoxy groups -OCH3 is 1. The van der Waals surface area contributed by atoms with Gasteiger partial charge in [-0.05, 0) is 37.4 Å². The number of carbonyl (C=O) groups excluding carboxylic acids is 1. The first-order chi connectivity index (χ1) is 13.4. The Kier molecular flexibility index (Phi) is 4.35. The number of anilines is 2. The summed E-state index contributed by atoms with van der Waals surface area (Å²) in [6, 6.07) is 5.23. The van der Waals surface area contributed by atoms with Crippen LogP contribution in [0.2, 0.25) is 0 Å². The van der Waals surface area contributed by atoms with Gasteiger partial charge in [0.2, 0.25) is 5.88 Å². The van der Waals surface area contributed by atoms with E-state index < -0.39 is 5.60 Å². The van der Waals surface area contributed by atoms with E-state index in [0.717, 1.165) is 5.39 Å². The highest BCUT2D eigenvalue weighted by atomic mass is 16.5. The van der Waals surface area contributed by atoms with Crippen LogP contribution in [-0.2, 0) is 16.8 Å². The first kappa shape index (κ1) is 18.1. The topological polar surface area (TPSA) is 106 Å². The predicted octanol–water partition coefficient (Wildman–Crippen LogP) is 2.72. The maximum absolute atomic E-state index is 11.8. The Morgan fingerprint density at radius 2 is 2.00 bits per heavy atom. The normalized spacial score (nSPS) is 13.8. The van der Waals surface area contributed by atoms with E-state index in [-0.39, 0.29) is 5.97 Å². The van der Waals surface area contributed by atoms with Crippen molar-refractivity contribution < 1.29 is 19.4 Å². The molecule has 0 saturated heterocycles. The number of aliphatic hydroxyl groups is 1. The average Bonchev–Trinajstić information content (AvgIpc) is 2.66. The Labute approximate surface area is 161 Å². The number of pyridine rings is 3. The second kappa shape index (κ2) is 6.72. The predicted molar refractivity (Wildman–Crippen MR) is 103 cm³/mol. The first-order valence-electron chi connectivity index (χ1n) is 8.86. The number of fused-ring (bicyclic) bond motifs is 2. The van der Waals surface area contributed by atoms with Gasteiger partial charge in [0, 0.05) is 24.4 Å². The van der Waals surface area contributed by atoms with Gasteiger partial charge in [0.15, 0.2) is 0 Å². The minimum Gasteiger partial charge on any atom is -0.481 e. The molecule has 1 aliphatic rings. The number of aromatic nitrogens is 3. The molecule has 1 aliphatic heterocycles. The average molecular weight is 380 g/mol. The van der Waals surface area contributed by atoms with Gasteiger partial charge in [0.1, 0.15) is 11.6 Å². The molecule has 0 aromatic carbocycles. The van der Waals surface area contributed by atoms with E-state index in [2.05, 4.69) is 20.3 Å². The zero-order chi connectivity index (χ0) is 19.9. The monoisotopic (exact) mass is 380 g/mol. The lowest BCUT2D eigenvalue weighted by Gasteiger charge is -2.21. The van der Waals surface area contributed by atoms with Crippen molar-refractivity contribution in [1.29, 1.82) is 0 Å². The first-order valence-corrected chi connectivity index (χ1v) is 8.86. The molecule has 2 N–H and O–H groups in total. The molecular formula is C20H20N4O4. The Morgan fingerprint density at radius 3 is 2.75 bits per heavy atom. The summed E-state index contributed by atoms with van der Waals surface area (Å²) in [6.45, 7) is 3.74. The quantitative estimate of drug-likeness (QED) is 0.666. The van der Waals surface area contributed by atoms with Crippen LogP contribution in [0.5, 0.6) is 5.88 Å². The number of nitrogens with one attached hydrogen (secondary N) is 1. The summed E-state index contributed by atoms with van der Waals surface area (Å²) >= 11 is 0. The third kappa shape index (κ3) is 3.22. The molecule has 0 aliphatic carbocycles. The van der Waals surface area contributed by atoms with E-state index in [4.69, 9.17) is 9.47 Å². The van der Waals surface area contributed by atoms with Crippen LogP contribution in [0.1, 0.15) is 35.5 Å². The standard InChI is InChI=1S/C20H20N4O4/c1-20(2,26)14-10-22-18(27-3)13-9-21-17(8-12(13)14)24-16-5-4-11-15(23-16)6-7-28-19(11)25/h4-5,8-10,26H,6-7H2,1-3H3,(H,21,23,24). The number of ether oxygens (including phenoxy) is 2. The van der Waals surface area contributed by atoms with E-state index in [9.17, 15) is 9.90 Å². The molecule has 8 heteroatoms. The molecule has 4 heterocycles. The van der Waals surface area contributed by atoms with Gasteiger partial charge >= 0.3 is 5.97 Å². The highest BCUT2D eigenvalue weighted by molar-refractivity contribution is 5.92. The zero-order valence-electron chi connectivity index (χ0n) is 15.8. The van der Waals surface area contributed by atoms with Crippen LogP contribution in [0.3, 0.4) is 0 Å². The molecule has 0 atom stereocenters. The molecule has 28 heavy (non-hydrogen) atoms. The van der Waals surface area contributed by atoms with Crippen molar-refractivity contribution in [2.24, 2.45) is 0 Å². The third-order valence-electron chi connectivity index (χ3n) is 4.61. The van der Waals surface area contributed by atoms with E-state index in [0.29, 0.717) is 52.8 Å². The van der Waals surface area contributed by atoms with Crippen LogP contribution in [0.25, 0.3) is 10.8 Å². The van der Waals surface area contributed by atoms with E-state index in [1.165, 1.54) is 0 Å². The Bertz CT molecular complexity index is 1080. The molecule has 0 spiro atoms. The summed E-state index contributed by atoms with van der Waals surface area (Å²) in [6.07, 6.45) is 3.83. The van der Waals surface area contributed by atoms with Crippen molar-refractivity contribution in [3.63, 3.8) is 0 Å². The summed E-state index contributed by atoms with van der Waals surface area (Å²) in [5.41, 5.74) is 0.768. The second-order valence-electron chi connectivity index (χ2n) is 7.06. The van der Waals surface area contributed by atoms with Crippen molar-refractivity contribution in [2.75, 3.05) is 19.0 Å². The smallest absolute Gasteiger partial charge is 0.340 e. The highest BCUT2D eigenvalue weighted by Crippen LogP contribution is 2.33. The molecule has 3 aromatic heterocycles. The van der Waals surface area contributed by atoms with Crippen LogP contribution in [-0.4, -0.2) is 39.7 Å². The van der Waals surface area contributed by atoms with Crippen LogP contribution < -0.4 is 10.1 Å². The SMILES string of the molecule is COc1ncc(C(C)(C)O)c2cc(Nc3ccc4c(n3)CCOC4=O)ncc12. The van der Waals surface area contributed by atoms with Gasteiger partial charge in [0.25, 0.3) is 0 Å². The molecule has 4 rings (SSSR count). The van der Waals surface area contributed by atoms with Crippen LogP contribution in [0.4, 0.5) is 11.6 Å². The number of rotatable bonds is 4.